The Labute approximate surface area is 140 Å². The molecule has 2 bridgehead atoms. The van der Waals surface area contributed by atoms with Crippen molar-refractivity contribution in [1.82, 2.24) is 13.6 Å². The van der Waals surface area contributed by atoms with Crippen LogP contribution in [0.4, 0.5) is 0 Å². The van der Waals surface area contributed by atoms with E-state index in [2.05, 4.69) is 44.8 Å². The van der Waals surface area contributed by atoms with Crippen LogP contribution in [-0.4, -0.2) is 33.3 Å². The van der Waals surface area contributed by atoms with Crippen LogP contribution in [0.1, 0.15) is 35.6 Å². The minimum atomic E-state index is 0.613. The monoisotopic (exact) mass is 331 g/mol. The molecule has 2 saturated heterocycles. The van der Waals surface area contributed by atoms with Crippen LogP contribution in [0, 0.1) is 12.8 Å². The van der Waals surface area contributed by atoms with Crippen LogP contribution in [0.3, 0.4) is 0 Å². The van der Waals surface area contributed by atoms with Crippen molar-refractivity contribution in [3.05, 3.63) is 41.1 Å². The summed E-state index contributed by atoms with van der Waals surface area (Å²) in [5.74, 6) is 2.40. The van der Waals surface area contributed by atoms with E-state index in [0.717, 1.165) is 11.7 Å². The Balaban J connectivity index is 1.47. The van der Waals surface area contributed by atoms with Crippen molar-refractivity contribution >= 4 is 23.5 Å². The number of rotatable bonds is 4. The van der Waals surface area contributed by atoms with Gasteiger partial charge < -0.3 is 4.90 Å². The Hall–Kier alpha value is -0.910. The molecule has 2 aliphatic heterocycles. The van der Waals surface area contributed by atoms with Crippen LogP contribution >= 0.6 is 23.5 Å². The van der Waals surface area contributed by atoms with E-state index in [1.165, 1.54) is 66.1 Å². The van der Waals surface area contributed by atoms with Crippen LogP contribution in [0.2, 0.25) is 0 Å². The molecule has 0 radical (unpaired) electrons. The van der Waals surface area contributed by atoms with E-state index in [9.17, 15) is 0 Å². The lowest BCUT2D eigenvalue weighted by atomic mass is 9.89. The molecule has 2 aromatic rings. The standard InChI is InChI=1S/C17H21N3S2/c1-12-4-6-13(7-5-12)11-21-17-16(18-22-19-17)15-10-20-8-2-3-14(15)9-20/h4-7,14-15H,2-3,8-11H2,1H3. The Bertz CT molecular complexity index is 638. The summed E-state index contributed by atoms with van der Waals surface area (Å²) in [5, 5.41) is 1.17. The van der Waals surface area contributed by atoms with Crippen molar-refractivity contribution in [3.8, 4) is 0 Å². The van der Waals surface area contributed by atoms with Gasteiger partial charge in [0, 0.05) is 24.8 Å². The molecule has 1 aromatic heterocycles. The zero-order valence-electron chi connectivity index (χ0n) is 12.9. The topological polar surface area (TPSA) is 29.0 Å². The van der Waals surface area contributed by atoms with Gasteiger partial charge in [0.15, 0.2) is 0 Å². The zero-order valence-corrected chi connectivity index (χ0v) is 14.5. The number of benzene rings is 1. The van der Waals surface area contributed by atoms with E-state index >= 15 is 0 Å². The SMILES string of the molecule is Cc1ccc(CSc2nsnc2C2CN3CCCC2C3)cc1. The smallest absolute Gasteiger partial charge is 0.134 e. The lowest BCUT2D eigenvalue weighted by Crippen LogP contribution is -2.25. The normalized spacial score (nSPS) is 27.2. The fourth-order valence-corrected chi connectivity index (χ4v) is 5.40. The molecule has 3 nitrogen and oxygen atoms in total. The minimum absolute atomic E-state index is 0.613. The predicted octanol–water partition coefficient (Wildman–Crippen LogP) is 3.95. The number of aromatic nitrogens is 2. The van der Waals surface area contributed by atoms with Crippen molar-refractivity contribution < 1.29 is 0 Å². The van der Waals surface area contributed by atoms with Crippen LogP contribution in [0.5, 0.6) is 0 Å². The molecule has 5 heteroatoms. The molecule has 0 aliphatic carbocycles. The van der Waals surface area contributed by atoms with Crippen molar-refractivity contribution in [2.24, 2.45) is 5.92 Å². The maximum absolute atomic E-state index is 4.67. The highest BCUT2D eigenvalue weighted by molar-refractivity contribution is 7.98. The highest BCUT2D eigenvalue weighted by atomic mass is 32.2. The first-order chi connectivity index (χ1) is 10.8. The summed E-state index contributed by atoms with van der Waals surface area (Å²) in [5.41, 5.74) is 3.96. The van der Waals surface area contributed by atoms with Gasteiger partial charge in [0.25, 0.3) is 0 Å². The number of hydrogen-bond acceptors (Lipinski definition) is 5. The molecule has 22 heavy (non-hydrogen) atoms. The molecule has 2 fully saturated rings. The Kier molecular flexibility index (Phi) is 4.20. The Morgan fingerprint density at radius 1 is 1.23 bits per heavy atom. The number of thioether (sulfide) groups is 1. The van der Waals surface area contributed by atoms with Gasteiger partial charge in [-0.3, -0.25) is 0 Å². The average molecular weight is 332 g/mol. The summed E-state index contributed by atoms with van der Waals surface area (Å²) in [6.07, 6.45) is 2.71. The van der Waals surface area contributed by atoms with Crippen LogP contribution in [-0.2, 0) is 5.75 Å². The molecule has 0 spiro atoms. The van der Waals surface area contributed by atoms with Crippen LogP contribution in [0.15, 0.2) is 29.3 Å². The summed E-state index contributed by atoms with van der Waals surface area (Å²) in [6.45, 7) is 5.86. The van der Waals surface area contributed by atoms with Crippen molar-refractivity contribution in [2.45, 2.75) is 36.5 Å². The van der Waals surface area contributed by atoms with Crippen LogP contribution in [0.25, 0.3) is 0 Å². The van der Waals surface area contributed by atoms with Gasteiger partial charge in [0.2, 0.25) is 0 Å². The third kappa shape index (κ3) is 2.94. The molecular weight excluding hydrogens is 310 g/mol. The Morgan fingerprint density at radius 2 is 2.09 bits per heavy atom. The number of fused-ring (bicyclic) bond motifs is 2. The van der Waals surface area contributed by atoms with Crippen molar-refractivity contribution in [2.75, 3.05) is 19.6 Å². The summed E-state index contributed by atoms with van der Waals surface area (Å²) < 4.78 is 9.25. The van der Waals surface area contributed by atoms with Gasteiger partial charge in [0.05, 0.1) is 17.4 Å². The van der Waals surface area contributed by atoms with E-state index in [0.29, 0.717) is 5.92 Å². The van der Waals surface area contributed by atoms with Gasteiger partial charge in [-0.2, -0.15) is 8.75 Å². The van der Waals surface area contributed by atoms with Gasteiger partial charge in [-0.05, 0) is 37.8 Å². The molecule has 3 unspecified atom stereocenters. The van der Waals surface area contributed by atoms with E-state index in [1.807, 2.05) is 11.8 Å². The predicted molar refractivity (Wildman–Crippen MR) is 92.6 cm³/mol. The second-order valence-corrected chi connectivity index (χ2v) is 7.99. The first-order valence-corrected chi connectivity index (χ1v) is 9.74. The molecule has 2 aliphatic rings. The van der Waals surface area contributed by atoms with E-state index in [4.69, 9.17) is 0 Å². The van der Waals surface area contributed by atoms with Gasteiger partial charge in [-0.15, -0.1) is 0 Å². The van der Waals surface area contributed by atoms with Gasteiger partial charge in [0.1, 0.15) is 5.03 Å². The number of hydrogen-bond donors (Lipinski definition) is 0. The van der Waals surface area contributed by atoms with E-state index in [-0.39, 0.29) is 0 Å². The zero-order chi connectivity index (χ0) is 14.9. The van der Waals surface area contributed by atoms with Crippen LogP contribution < -0.4 is 0 Å². The van der Waals surface area contributed by atoms with E-state index < -0.39 is 0 Å². The lowest BCUT2D eigenvalue weighted by Gasteiger charge is -2.21. The molecule has 3 atom stereocenters. The fraction of sp³-hybridized carbons (Fsp3) is 0.529. The second-order valence-electron chi connectivity index (χ2n) is 6.50. The molecular formula is C17H21N3S2. The molecule has 0 saturated carbocycles. The molecule has 1 aromatic carbocycles. The number of aryl methyl sites for hydroxylation is 1. The first kappa shape index (κ1) is 14.7. The summed E-state index contributed by atoms with van der Waals surface area (Å²) in [6, 6.07) is 8.80. The Morgan fingerprint density at radius 3 is 2.91 bits per heavy atom. The fourth-order valence-electron chi connectivity index (χ4n) is 3.67. The molecule has 0 amide bonds. The lowest BCUT2D eigenvalue weighted by molar-refractivity contribution is 0.269. The van der Waals surface area contributed by atoms with Gasteiger partial charge >= 0.3 is 0 Å². The highest BCUT2D eigenvalue weighted by Crippen LogP contribution is 2.41. The maximum Gasteiger partial charge on any atom is 0.134 e. The van der Waals surface area contributed by atoms with Crippen molar-refractivity contribution in [1.29, 1.82) is 0 Å². The second kappa shape index (κ2) is 6.30. The quantitative estimate of drug-likeness (QED) is 0.793. The van der Waals surface area contributed by atoms with E-state index in [1.54, 1.807) is 0 Å². The molecule has 4 rings (SSSR count). The third-order valence-corrected chi connectivity index (χ3v) is 6.60. The largest absolute Gasteiger partial charge is 0.302 e. The summed E-state index contributed by atoms with van der Waals surface area (Å²) >= 11 is 3.24. The maximum atomic E-state index is 4.67. The first-order valence-electron chi connectivity index (χ1n) is 8.03. The number of nitrogens with zero attached hydrogens (tertiary/aromatic N) is 3. The number of piperidine rings is 1. The molecule has 3 heterocycles. The summed E-state index contributed by atoms with van der Waals surface area (Å²) in [7, 11) is 0. The van der Waals surface area contributed by atoms with Gasteiger partial charge in [-0.1, -0.05) is 41.6 Å². The van der Waals surface area contributed by atoms with Crippen molar-refractivity contribution in [3.63, 3.8) is 0 Å². The highest BCUT2D eigenvalue weighted by Gasteiger charge is 2.38. The average Bonchev–Trinajstić information content (AvgIpc) is 3.11. The molecule has 0 N–H and O–H groups in total. The molecule has 116 valence electrons. The summed E-state index contributed by atoms with van der Waals surface area (Å²) in [4.78, 5) is 2.60. The van der Waals surface area contributed by atoms with Gasteiger partial charge in [-0.25, -0.2) is 0 Å². The third-order valence-electron chi connectivity index (χ3n) is 4.90. The minimum Gasteiger partial charge on any atom is -0.302 e.